The van der Waals surface area contributed by atoms with Crippen LogP contribution in [0.2, 0.25) is 0 Å². The molecular weight excluding hydrogens is 185 g/mol. The van der Waals surface area contributed by atoms with Gasteiger partial charge in [-0.3, -0.25) is 4.79 Å². The van der Waals surface area contributed by atoms with Crippen molar-refractivity contribution in [1.82, 2.24) is 9.97 Å². The molecule has 0 aliphatic heterocycles. The Labute approximate surface area is 80.4 Å². The fraction of sp³-hybridized carbons (Fsp3) is 0.444. The van der Waals surface area contributed by atoms with Gasteiger partial charge in [0.1, 0.15) is 5.82 Å². The van der Waals surface area contributed by atoms with E-state index in [-0.39, 0.29) is 6.42 Å². The molecule has 1 saturated carbocycles. The van der Waals surface area contributed by atoms with E-state index in [0.29, 0.717) is 5.82 Å². The van der Waals surface area contributed by atoms with Crippen molar-refractivity contribution in [2.75, 3.05) is 0 Å². The maximum atomic E-state index is 13.5. The number of aryl methyl sites for hydroxylation is 1. The van der Waals surface area contributed by atoms with Gasteiger partial charge in [-0.15, -0.1) is 0 Å². The van der Waals surface area contributed by atoms with Crippen molar-refractivity contribution < 1.29 is 9.18 Å². The van der Waals surface area contributed by atoms with Crippen LogP contribution in [-0.4, -0.2) is 21.5 Å². The summed E-state index contributed by atoms with van der Waals surface area (Å²) in [6.45, 7) is 1.79. The number of halogens is 1. The number of aromatic nitrogens is 2. The Morgan fingerprint density at radius 2 is 2.50 bits per heavy atom. The van der Waals surface area contributed by atoms with Gasteiger partial charge < -0.3 is 5.73 Å². The quantitative estimate of drug-likeness (QED) is 0.745. The smallest absolute Gasteiger partial charge is 0.255 e. The third kappa shape index (κ3) is 1.25. The number of alkyl halides is 1. The van der Waals surface area contributed by atoms with Crippen molar-refractivity contribution in [1.29, 1.82) is 0 Å². The summed E-state index contributed by atoms with van der Waals surface area (Å²) in [4.78, 5) is 18.7. The average molecular weight is 195 g/mol. The number of rotatable bonds is 2. The van der Waals surface area contributed by atoms with Crippen LogP contribution in [-0.2, 0) is 4.79 Å². The molecule has 2 rings (SSSR count). The average Bonchev–Trinajstić information content (AvgIpc) is 2.80. The van der Waals surface area contributed by atoms with E-state index in [0.717, 1.165) is 5.69 Å². The zero-order valence-corrected chi connectivity index (χ0v) is 7.70. The van der Waals surface area contributed by atoms with Crippen molar-refractivity contribution in [2.45, 2.75) is 24.9 Å². The van der Waals surface area contributed by atoms with Gasteiger partial charge in [-0.05, 0) is 13.0 Å². The van der Waals surface area contributed by atoms with Gasteiger partial charge in [0.25, 0.3) is 5.91 Å². The summed E-state index contributed by atoms with van der Waals surface area (Å²) in [5.41, 5.74) is 3.76. The summed E-state index contributed by atoms with van der Waals surface area (Å²) in [5, 5.41) is 0. The van der Waals surface area contributed by atoms with Gasteiger partial charge >= 0.3 is 0 Å². The summed E-state index contributed by atoms with van der Waals surface area (Å²) in [6, 6.07) is 1.72. The maximum Gasteiger partial charge on any atom is 0.255 e. The number of hydrogen-bond acceptors (Lipinski definition) is 3. The number of hydrogen-bond donors (Lipinski definition) is 1. The minimum atomic E-state index is -1.92. The van der Waals surface area contributed by atoms with Gasteiger partial charge in [-0.2, -0.15) is 0 Å². The molecule has 2 atom stereocenters. The monoisotopic (exact) mass is 195 g/mol. The molecule has 0 spiro atoms. The lowest BCUT2D eigenvalue weighted by Gasteiger charge is -2.01. The van der Waals surface area contributed by atoms with E-state index in [4.69, 9.17) is 5.73 Å². The van der Waals surface area contributed by atoms with E-state index in [1.165, 1.54) is 0 Å². The van der Waals surface area contributed by atoms with Crippen LogP contribution >= 0.6 is 0 Å². The molecule has 1 fully saturated rings. The van der Waals surface area contributed by atoms with E-state index in [1.54, 1.807) is 19.2 Å². The van der Waals surface area contributed by atoms with Crippen LogP contribution in [0.15, 0.2) is 12.3 Å². The molecule has 1 aliphatic carbocycles. The van der Waals surface area contributed by atoms with E-state index < -0.39 is 17.5 Å². The summed E-state index contributed by atoms with van der Waals surface area (Å²) >= 11 is 0. The molecule has 5 heteroatoms. The molecular formula is C9H10FN3O. The molecule has 2 unspecified atom stereocenters. The van der Waals surface area contributed by atoms with Crippen LogP contribution in [0.3, 0.4) is 0 Å². The van der Waals surface area contributed by atoms with Gasteiger partial charge in [-0.25, -0.2) is 14.4 Å². The van der Waals surface area contributed by atoms with Gasteiger partial charge in [0, 0.05) is 18.3 Å². The number of primary amides is 1. The van der Waals surface area contributed by atoms with Crippen LogP contribution < -0.4 is 5.73 Å². The van der Waals surface area contributed by atoms with Crippen LogP contribution in [0.1, 0.15) is 23.9 Å². The van der Waals surface area contributed by atoms with Gasteiger partial charge in [0.05, 0.1) is 5.92 Å². The molecule has 0 saturated heterocycles. The molecule has 0 bridgehead atoms. The topological polar surface area (TPSA) is 68.9 Å². The lowest BCUT2D eigenvalue weighted by atomic mass is 10.2. The lowest BCUT2D eigenvalue weighted by molar-refractivity contribution is -0.124. The molecule has 2 N–H and O–H groups in total. The Hall–Kier alpha value is -1.52. The third-order valence-corrected chi connectivity index (χ3v) is 2.43. The van der Waals surface area contributed by atoms with Gasteiger partial charge in [0.2, 0.25) is 0 Å². The molecule has 0 radical (unpaired) electrons. The highest BCUT2D eigenvalue weighted by Gasteiger charge is 2.62. The van der Waals surface area contributed by atoms with E-state index in [1.807, 2.05) is 0 Å². The number of nitrogens with two attached hydrogens (primary N) is 1. The molecule has 1 heterocycles. The van der Waals surface area contributed by atoms with Crippen molar-refractivity contribution >= 4 is 5.91 Å². The Morgan fingerprint density at radius 1 is 1.79 bits per heavy atom. The second-order valence-electron chi connectivity index (χ2n) is 3.54. The molecule has 4 nitrogen and oxygen atoms in total. The second kappa shape index (κ2) is 2.73. The molecule has 1 aliphatic rings. The highest BCUT2D eigenvalue weighted by molar-refractivity contribution is 5.88. The van der Waals surface area contributed by atoms with Crippen LogP contribution in [0.4, 0.5) is 4.39 Å². The predicted octanol–water partition coefficient (Wildman–Crippen LogP) is 0.466. The maximum absolute atomic E-state index is 13.5. The summed E-state index contributed by atoms with van der Waals surface area (Å²) < 4.78 is 13.5. The van der Waals surface area contributed by atoms with Crippen molar-refractivity contribution in [3.8, 4) is 0 Å². The first-order chi connectivity index (χ1) is 6.54. The number of carbonyl (C=O) groups is 1. The Morgan fingerprint density at radius 3 is 3.00 bits per heavy atom. The van der Waals surface area contributed by atoms with E-state index >= 15 is 0 Å². The Kier molecular flexibility index (Phi) is 1.77. The molecule has 1 aromatic rings. The number of nitrogens with zero attached hydrogens (tertiary/aromatic N) is 2. The van der Waals surface area contributed by atoms with Gasteiger partial charge in [0.15, 0.2) is 5.67 Å². The normalized spacial score (nSPS) is 30.0. The summed E-state index contributed by atoms with van der Waals surface area (Å²) in [7, 11) is 0. The highest BCUT2D eigenvalue weighted by Crippen LogP contribution is 2.53. The SMILES string of the molecule is Cc1ccnc(C2CC2(F)C(N)=O)n1. The second-order valence-corrected chi connectivity index (χ2v) is 3.54. The lowest BCUT2D eigenvalue weighted by Crippen LogP contribution is -2.28. The van der Waals surface area contributed by atoms with Gasteiger partial charge in [-0.1, -0.05) is 0 Å². The van der Waals surface area contributed by atoms with Crippen LogP contribution in [0.25, 0.3) is 0 Å². The minimum Gasteiger partial charge on any atom is -0.367 e. The number of carbonyl (C=O) groups excluding carboxylic acids is 1. The molecule has 0 aromatic carbocycles. The van der Waals surface area contributed by atoms with Crippen LogP contribution in [0, 0.1) is 6.92 Å². The Balaban J connectivity index is 2.25. The van der Waals surface area contributed by atoms with Crippen molar-refractivity contribution in [2.24, 2.45) is 5.73 Å². The first-order valence-corrected chi connectivity index (χ1v) is 4.32. The third-order valence-electron chi connectivity index (χ3n) is 2.43. The highest BCUT2D eigenvalue weighted by atomic mass is 19.1. The molecule has 1 amide bonds. The molecule has 1 aromatic heterocycles. The largest absolute Gasteiger partial charge is 0.367 e. The fourth-order valence-electron chi connectivity index (χ4n) is 1.44. The van der Waals surface area contributed by atoms with Crippen molar-refractivity contribution in [3.05, 3.63) is 23.8 Å². The fourth-order valence-corrected chi connectivity index (χ4v) is 1.44. The standard InChI is InChI=1S/C9H10FN3O/c1-5-2-3-12-7(13-5)6-4-9(6,10)8(11)14/h2-3,6H,4H2,1H3,(H2,11,14). The zero-order valence-electron chi connectivity index (χ0n) is 7.70. The molecule has 74 valence electrons. The summed E-state index contributed by atoms with van der Waals surface area (Å²) in [5.74, 6) is -1.11. The minimum absolute atomic E-state index is 0.103. The van der Waals surface area contributed by atoms with E-state index in [9.17, 15) is 9.18 Å². The zero-order chi connectivity index (χ0) is 10.3. The number of amides is 1. The summed E-state index contributed by atoms with van der Waals surface area (Å²) in [6.07, 6.45) is 1.66. The first-order valence-electron chi connectivity index (χ1n) is 4.32. The first kappa shape index (κ1) is 9.05. The van der Waals surface area contributed by atoms with E-state index in [2.05, 4.69) is 9.97 Å². The Bertz CT molecular complexity index is 395. The van der Waals surface area contributed by atoms with Crippen LogP contribution in [0.5, 0.6) is 0 Å². The predicted molar refractivity (Wildman–Crippen MR) is 47.2 cm³/mol. The van der Waals surface area contributed by atoms with Crippen molar-refractivity contribution in [3.63, 3.8) is 0 Å². The molecule has 14 heavy (non-hydrogen) atoms.